The van der Waals surface area contributed by atoms with E-state index in [9.17, 15) is 4.79 Å². The van der Waals surface area contributed by atoms with Crippen LogP contribution in [0.1, 0.15) is 105 Å². The number of hydroxylamine groups is 2. The van der Waals surface area contributed by atoms with Crippen molar-refractivity contribution in [2.75, 3.05) is 53.5 Å². The van der Waals surface area contributed by atoms with Crippen LogP contribution in [0.4, 0.5) is 0 Å². The molecule has 0 aromatic heterocycles. The molecule has 3 spiro atoms. The molecule has 0 aromatic rings. The first-order valence-electron chi connectivity index (χ1n) is 18.0. The van der Waals surface area contributed by atoms with Crippen molar-refractivity contribution in [2.45, 2.75) is 128 Å². The van der Waals surface area contributed by atoms with Crippen LogP contribution in [0.15, 0.2) is 28.0 Å². The van der Waals surface area contributed by atoms with E-state index in [4.69, 9.17) is 30.9 Å². The Labute approximate surface area is 288 Å². The molecule has 2 saturated heterocycles. The zero-order valence-electron chi connectivity index (χ0n) is 30.8. The first kappa shape index (κ1) is 40.4. The maximum atomic E-state index is 13.7. The van der Waals surface area contributed by atoms with E-state index < -0.39 is 11.2 Å². The minimum atomic E-state index is -0.705. The second-order valence-electron chi connectivity index (χ2n) is 15.4. The van der Waals surface area contributed by atoms with E-state index in [0.717, 1.165) is 96.2 Å². The third-order valence-corrected chi connectivity index (χ3v) is 10.8. The SMILES string of the molecule is CN=C(/C=C(\N)C(=O)C1=C(N)[C@]2(CCCCC23OCCO3)CCC1)N1CCN(OC(C)(C)C)C2(CC2)C1.CNCCCC(C)[C@H](C)O.O. The Kier molecular flexibility index (Phi) is 14.1. The number of carbonyl (C=O) groups is 1. The quantitative estimate of drug-likeness (QED) is 0.122. The number of aliphatic hydroxyl groups is 1. The number of nitrogens with one attached hydrogen (secondary N) is 1. The van der Waals surface area contributed by atoms with Gasteiger partial charge in [0, 0.05) is 50.4 Å². The van der Waals surface area contributed by atoms with E-state index in [1.807, 2.05) is 14.0 Å². The second-order valence-corrected chi connectivity index (χ2v) is 15.4. The Morgan fingerprint density at radius 3 is 2.33 bits per heavy atom. The normalized spacial score (nSPS) is 27.0. The third kappa shape index (κ3) is 8.99. The van der Waals surface area contributed by atoms with Crippen LogP contribution in [-0.2, 0) is 19.1 Å². The van der Waals surface area contributed by atoms with E-state index in [1.165, 1.54) is 0 Å². The van der Waals surface area contributed by atoms with Crippen molar-refractivity contribution in [3.8, 4) is 0 Å². The van der Waals surface area contributed by atoms with E-state index >= 15 is 0 Å². The van der Waals surface area contributed by atoms with E-state index in [-0.39, 0.29) is 34.2 Å². The number of nitrogens with two attached hydrogens (primary N) is 2. The molecule has 48 heavy (non-hydrogen) atoms. The number of aliphatic imine (C=N–C) groups is 1. The number of piperazine rings is 1. The summed E-state index contributed by atoms with van der Waals surface area (Å²) in [5.41, 5.74) is 14.1. The molecular formula is C36H66N6O6. The number of rotatable bonds is 9. The lowest BCUT2D eigenvalue weighted by Crippen LogP contribution is -2.57. The average Bonchev–Trinajstić information content (AvgIpc) is 3.64. The fourth-order valence-electron chi connectivity index (χ4n) is 7.81. The summed E-state index contributed by atoms with van der Waals surface area (Å²) in [4.78, 5) is 26.7. The molecule has 5 rings (SSSR count). The minimum absolute atomic E-state index is 0. The van der Waals surface area contributed by atoms with Crippen LogP contribution in [0.2, 0.25) is 0 Å². The molecular weight excluding hydrogens is 612 g/mol. The molecule has 12 nitrogen and oxygen atoms in total. The summed E-state index contributed by atoms with van der Waals surface area (Å²) < 4.78 is 12.5. The number of aliphatic hydroxyl groups excluding tert-OH is 1. The Hall–Kier alpha value is -2.06. The highest BCUT2D eigenvalue weighted by Crippen LogP contribution is 2.57. The Bertz CT molecular complexity index is 1170. The largest absolute Gasteiger partial charge is 0.412 e. The van der Waals surface area contributed by atoms with Gasteiger partial charge in [-0.2, -0.15) is 5.06 Å². The molecule has 0 amide bonds. The van der Waals surface area contributed by atoms with Gasteiger partial charge >= 0.3 is 0 Å². The van der Waals surface area contributed by atoms with Crippen molar-refractivity contribution in [2.24, 2.45) is 27.8 Å². The van der Waals surface area contributed by atoms with Crippen LogP contribution in [0.25, 0.3) is 0 Å². The molecule has 0 radical (unpaired) electrons. The fourth-order valence-corrected chi connectivity index (χ4v) is 7.81. The minimum Gasteiger partial charge on any atom is -0.412 e. The first-order chi connectivity index (χ1) is 22.2. The van der Waals surface area contributed by atoms with Gasteiger partial charge in [-0.05, 0) is 105 Å². The van der Waals surface area contributed by atoms with Gasteiger partial charge in [-0.1, -0.05) is 13.3 Å². The van der Waals surface area contributed by atoms with Gasteiger partial charge in [0.25, 0.3) is 0 Å². The van der Waals surface area contributed by atoms with Crippen molar-refractivity contribution in [1.82, 2.24) is 15.3 Å². The maximum absolute atomic E-state index is 13.7. The molecule has 2 heterocycles. The highest BCUT2D eigenvalue weighted by Gasteiger charge is 2.60. The zero-order chi connectivity index (χ0) is 34.5. The summed E-state index contributed by atoms with van der Waals surface area (Å²) >= 11 is 0. The highest BCUT2D eigenvalue weighted by molar-refractivity contribution is 6.12. The maximum Gasteiger partial charge on any atom is 0.206 e. The summed E-state index contributed by atoms with van der Waals surface area (Å²) in [6.07, 6.45) is 12.2. The highest BCUT2D eigenvalue weighted by atomic mass is 16.7. The molecule has 276 valence electrons. The molecule has 3 aliphatic carbocycles. The van der Waals surface area contributed by atoms with Crippen molar-refractivity contribution >= 4 is 11.6 Å². The fraction of sp³-hybridized carbons (Fsp3) is 0.833. The molecule has 5 aliphatic rings. The van der Waals surface area contributed by atoms with Crippen LogP contribution in [0.5, 0.6) is 0 Å². The Balaban J connectivity index is 0.000000496. The van der Waals surface area contributed by atoms with Crippen molar-refractivity contribution in [3.63, 3.8) is 0 Å². The number of hydrogen-bond acceptors (Lipinski definition) is 10. The molecule has 2 saturated carbocycles. The number of ether oxygens (including phenoxy) is 2. The molecule has 8 N–H and O–H groups in total. The molecule has 1 unspecified atom stereocenters. The van der Waals surface area contributed by atoms with Crippen LogP contribution < -0.4 is 16.8 Å². The monoisotopic (exact) mass is 679 g/mol. The van der Waals surface area contributed by atoms with Gasteiger partial charge in [-0.3, -0.25) is 14.6 Å². The Morgan fingerprint density at radius 2 is 1.75 bits per heavy atom. The lowest BCUT2D eigenvalue weighted by Gasteiger charge is -2.52. The number of nitrogens with zero attached hydrogens (tertiary/aromatic N) is 3. The number of ketones is 1. The van der Waals surface area contributed by atoms with Crippen LogP contribution in [0.3, 0.4) is 0 Å². The summed E-state index contributed by atoms with van der Waals surface area (Å²) in [6.45, 7) is 14.7. The molecule has 0 bridgehead atoms. The number of amidine groups is 1. The number of Topliss-reactive ketones (excluding diaryl/α,β-unsaturated/α-hetero) is 1. The first-order valence-corrected chi connectivity index (χ1v) is 18.0. The van der Waals surface area contributed by atoms with Crippen LogP contribution >= 0.6 is 0 Å². The molecule has 4 fully saturated rings. The third-order valence-electron chi connectivity index (χ3n) is 10.8. The van der Waals surface area contributed by atoms with Crippen molar-refractivity contribution in [3.05, 3.63) is 23.0 Å². The van der Waals surface area contributed by atoms with Crippen LogP contribution in [-0.4, -0.2) is 109 Å². The second kappa shape index (κ2) is 16.8. The van der Waals surface area contributed by atoms with Gasteiger partial charge in [-0.25, -0.2) is 0 Å². The smallest absolute Gasteiger partial charge is 0.206 e. The summed E-state index contributed by atoms with van der Waals surface area (Å²) in [5.74, 6) is 0.276. The van der Waals surface area contributed by atoms with Gasteiger partial charge in [-0.15, -0.1) is 0 Å². The van der Waals surface area contributed by atoms with Gasteiger partial charge in [0.1, 0.15) is 5.84 Å². The number of allylic oxidation sites excluding steroid dienone is 1. The van der Waals surface area contributed by atoms with Gasteiger partial charge in [0.2, 0.25) is 5.78 Å². The van der Waals surface area contributed by atoms with E-state index in [0.29, 0.717) is 36.8 Å². The number of carbonyl (C=O) groups excluding carboxylic acids is 1. The lowest BCUT2D eigenvalue weighted by molar-refractivity contribution is -0.268. The van der Waals surface area contributed by atoms with Gasteiger partial charge in [0.05, 0.1) is 41.6 Å². The molecule has 3 atom stereocenters. The molecule has 0 aromatic carbocycles. The topological polar surface area (TPSA) is 179 Å². The van der Waals surface area contributed by atoms with Gasteiger partial charge in [0.15, 0.2) is 5.79 Å². The summed E-state index contributed by atoms with van der Waals surface area (Å²) in [7, 11) is 3.71. The Morgan fingerprint density at radius 1 is 1.10 bits per heavy atom. The molecule has 2 aliphatic heterocycles. The van der Waals surface area contributed by atoms with E-state index in [1.54, 1.807) is 13.1 Å². The molecule has 12 heteroatoms. The average molecular weight is 679 g/mol. The number of hydrogen-bond donors (Lipinski definition) is 4. The van der Waals surface area contributed by atoms with Crippen molar-refractivity contribution < 1.29 is 29.7 Å². The zero-order valence-corrected chi connectivity index (χ0v) is 30.8. The number of fused-ring (bicyclic) bond motifs is 1. The summed E-state index contributed by atoms with van der Waals surface area (Å²) in [5, 5.41) is 14.3. The summed E-state index contributed by atoms with van der Waals surface area (Å²) in [6, 6.07) is 0. The predicted molar refractivity (Wildman–Crippen MR) is 190 cm³/mol. The standard InChI is InChI=1S/C28H45N5O4.C8H19NO.H2O/c1-25(2,3)37-33-15-14-32(19-26(33)12-13-26)22(31-4)18-21(29)23(34)20-8-7-10-27(24(20)30)9-5-6-11-28(27)35-16-17-36-28;1-7(8(2)10)5-4-6-9-3;/h18H,5-17,19,29-30H2,1-4H3;7-10H,4-6H2,1-3H3;1H2/b21-18-,31-22?;;/t27-;7?,8-;/m00./s1. The van der Waals surface area contributed by atoms with E-state index in [2.05, 4.69) is 48.0 Å². The van der Waals surface area contributed by atoms with Crippen molar-refractivity contribution in [1.29, 1.82) is 0 Å². The van der Waals surface area contributed by atoms with Crippen LogP contribution in [0, 0.1) is 11.3 Å². The predicted octanol–water partition coefficient (Wildman–Crippen LogP) is 3.19. The van der Waals surface area contributed by atoms with Gasteiger partial charge < -0.3 is 41.7 Å². The lowest BCUT2D eigenvalue weighted by atomic mass is 9.60.